The molecule has 6 heteroatoms. The van der Waals surface area contributed by atoms with Gasteiger partial charge < -0.3 is 14.2 Å². The summed E-state index contributed by atoms with van der Waals surface area (Å²) in [5, 5.41) is 1.21. The molecule has 5 nitrogen and oxygen atoms in total. The Hall–Kier alpha value is -3.05. The van der Waals surface area contributed by atoms with E-state index in [1.165, 1.54) is 6.08 Å². The SMILES string of the molecule is COc1ccc2nc(Cl)c(/C=C/C(=O)c3ccc4c(c3)OCO4)cc2c1. The van der Waals surface area contributed by atoms with E-state index in [0.29, 0.717) is 27.8 Å². The molecule has 2 aromatic carbocycles. The minimum absolute atomic E-state index is 0.162. The lowest BCUT2D eigenvalue weighted by Gasteiger charge is -2.05. The Balaban J connectivity index is 1.63. The zero-order chi connectivity index (χ0) is 18.1. The van der Waals surface area contributed by atoms with Crippen molar-refractivity contribution < 1.29 is 19.0 Å². The van der Waals surface area contributed by atoms with Crippen molar-refractivity contribution in [3.8, 4) is 17.2 Å². The molecule has 0 N–H and O–H groups in total. The summed E-state index contributed by atoms with van der Waals surface area (Å²) in [6, 6.07) is 12.5. The van der Waals surface area contributed by atoms with E-state index in [1.807, 2.05) is 24.3 Å². The quantitative estimate of drug-likeness (QED) is 0.385. The van der Waals surface area contributed by atoms with Crippen molar-refractivity contribution in [1.82, 2.24) is 4.98 Å². The number of aromatic nitrogens is 1. The van der Waals surface area contributed by atoms with Crippen LogP contribution in [0.1, 0.15) is 15.9 Å². The number of nitrogens with zero attached hydrogens (tertiary/aromatic N) is 1. The van der Waals surface area contributed by atoms with Crippen LogP contribution < -0.4 is 14.2 Å². The topological polar surface area (TPSA) is 57.7 Å². The van der Waals surface area contributed by atoms with Gasteiger partial charge in [-0.2, -0.15) is 0 Å². The molecule has 0 spiro atoms. The van der Waals surface area contributed by atoms with Crippen LogP contribution in [-0.2, 0) is 0 Å². The molecule has 0 atom stereocenters. The fraction of sp³-hybridized carbons (Fsp3) is 0.100. The highest BCUT2D eigenvalue weighted by atomic mass is 35.5. The maximum atomic E-state index is 12.4. The van der Waals surface area contributed by atoms with Crippen LogP contribution in [0.3, 0.4) is 0 Å². The normalized spacial score (nSPS) is 12.7. The second-order valence-electron chi connectivity index (χ2n) is 5.69. The Morgan fingerprint density at radius 3 is 2.85 bits per heavy atom. The third-order valence-corrected chi connectivity index (χ3v) is 4.38. The first-order chi connectivity index (χ1) is 12.6. The number of carbonyl (C=O) groups is 1. The van der Waals surface area contributed by atoms with Gasteiger partial charge in [-0.1, -0.05) is 11.6 Å². The summed E-state index contributed by atoms with van der Waals surface area (Å²) < 4.78 is 15.8. The second kappa shape index (κ2) is 6.69. The molecule has 0 saturated carbocycles. The molecule has 3 aromatic rings. The zero-order valence-corrected chi connectivity index (χ0v) is 14.6. The first-order valence-corrected chi connectivity index (χ1v) is 8.28. The molecule has 0 radical (unpaired) electrons. The van der Waals surface area contributed by atoms with Crippen molar-refractivity contribution in [2.45, 2.75) is 0 Å². The van der Waals surface area contributed by atoms with Crippen molar-refractivity contribution in [2.24, 2.45) is 0 Å². The number of ether oxygens (including phenoxy) is 3. The maximum absolute atomic E-state index is 12.4. The van der Waals surface area contributed by atoms with E-state index in [-0.39, 0.29) is 12.6 Å². The highest BCUT2D eigenvalue weighted by molar-refractivity contribution is 6.31. The van der Waals surface area contributed by atoms with Gasteiger partial charge in [0.15, 0.2) is 17.3 Å². The number of rotatable bonds is 4. The molecule has 130 valence electrons. The van der Waals surface area contributed by atoms with Crippen molar-refractivity contribution in [1.29, 1.82) is 0 Å². The average Bonchev–Trinajstić information content (AvgIpc) is 3.13. The lowest BCUT2D eigenvalue weighted by Crippen LogP contribution is -1.95. The van der Waals surface area contributed by atoms with Gasteiger partial charge in [-0.25, -0.2) is 4.98 Å². The van der Waals surface area contributed by atoms with Crippen LogP contribution in [-0.4, -0.2) is 24.7 Å². The first-order valence-electron chi connectivity index (χ1n) is 7.90. The van der Waals surface area contributed by atoms with Gasteiger partial charge in [0, 0.05) is 16.5 Å². The van der Waals surface area contributed by atoms with Gasteiger partial charge in [-0.3, -0.25) is 4.79 Å². The number of ketones is 1. The Labute approximate surface area is 154 Å². The number of benzene rings is 2. The van der Waals surface area contributed by atoms with E-state index in [2.05, 4.69) is 4.98 Å². The fourth-order valence-electron chi connectivity index (χ4n) is 2.70. The summed E-state index contributed by atoms with van der Waals surface area (Å²) in [7, 11) is 1.61. The van der Waals surface area contributed by atoms with Crippen LogP contribution in [0, 0.1) is 0 Å². The molecular weight excluding hydrogens is 354 g/mol. The van der Waals surface area contributed by atoms with Crippen LogP contribution in [0.5, 0.6) is 17.2 Å². The monoisotopic (exact) mass is 367 g/mol. The molecule has 4 rings (SSSR count). The Morgan fingerprint density at radius 1 is 1.15 bits per heavy atom. The minimum Gasteiger partial charge on any atom is -0.497 e. The van der Waals surface area contributed by atoms with Crippen molar-refractivity contribution in [3.05, 3.63) is 64.8 Å². The maximum Gasteiger partial charge on any atom is 0.231 e. The highest BCUT2D eigenvalue weighted by Gasteiger charge is 2.15. The third-order valence-electron chi connectivity index (χ3n) is 4.07. The zero-order valence-electron chi connectivity index (χ0n) is 13.9. The molecule has 1 aliphatic rings. The summed E-state index contributed by atoms with van der Waals surface area (Å²) in [4.78, 5) is 16.8. The van der Waals surface area contributed by atoms with Crippen LogP contribution in [0.25, 0.3) is 17.0 Å². The van der Waals surface area contributed by atoms with Crippen LogP contribution in [0.15, 0.2) is 48.5 Å². The lowest BCUT2D eigenvalue weighted by atomic mass is 10.1. The molecule has 0 unspecified atom stereocenters. The van der Waals surface area contributed by atoms with Gasteiger partial charge in [0.25, 0.3) is 0 Å². The Morgan fingerprint density at radius 2 is 2.00 bits per heavy atom. The minimum atomic E-state index is -0.162. The van der Waals surface area contributed by atoms with E-state index >= 15 is 0 Å². The summed E-state index contributed by atoms with van der Waals surface area (Å²) in [5.41, 5.74) is 1.92. The van der Waals surface area contributed by atoms with Gasteiger partial charge in [-0.15, -0.1) is 0 Å². The molecule has 26 heavy (non-hydrogen) atoms. The number of halogens is 1. The van der Waals surface area contributed by atoms with Crippen LogP contribution in [0.4, 0.5) is 0 Å². The molecule has 0 amide bonds. The third kappa shape index (κ3) is 3.09. The van der Waals surface area contributed by atoms with Gasteiger partial charge in [0.1, 0.15) is 10.9 Å². The molecule has 1 aliphatic heterocycles. The van der Waals surface area contributed by atoms with Gasteiger partial charge >= 0.3 is 0 Å². The van der Waals surface area contributed by atoms with Gasteiger partial charge in [0.2, 0.25) is 6.79 Å². The second-order valence-corrected chi connectivity index (χ2v) is 6.05. The summed E-state index contributed by atoms with van der Waals surface area (Å²) in [6.45, 7) is 0.171. The molecule has 2 heterocycles. The highest BCUT2D eigenvalue weighted by Crippen LogP contribution is 2.32. The molecule has 1 aromatic heterocycles. The molecule has 0 saturated heterocycles. The number of hydrogen-bond acceptors (Lipinski definition) is 5. The van der Waals surface area contributed by atoms with E-state index in [0.717, 1.165) is 16.7 Å². The Bertz CT molecular complexity index is 1050. The molecule has 0 aliphatic carbocycles. The number of carbonyl (C=O) groups excluding carboxylic acids is 1. The van der Waals surface area contributed by atoms with Crippen LogP contribution >= 0.6 is 11.6 Å². The van der Waals surface area contributed by atoms with Crippen LogP contribution in [0.2, 0.25) is 5.15 Å². The summed E-state index contributed by atoms with van der Waals surface area (Å²) in [6.07, 6.45) is 3.12. The van der Waals surface area contributed by atoms with Gasteiger partial charge in [0.05, 0.1) is 12.6 Å². The number of fused-ring (bicyclic) bond motifs is 2. The van der Waals surface area contributed by atoms with Crippen molar-refractivity contribution >= 4 is 34.4 Å². The van der Waals surface area contributed by atoms with Crippen molar-refractivity contribution in [2.75, 3.05) is 13.9 Å². The summed E-state index contributed by atoms with van der Waals surface area (Å²) in [5.74, 6) is 1.78. The first kappa shape index (κ1) is 16.4. The number of methoxy groups -OCH3 is 1. The van der Waals surface area contributed by atoms with E-state index in [1.54, 1.807) is 31.4 Å². The number of allylic oxidation sites excluding steroid dienone is 1. The van der Waals surface area contributed by atoms with Gasteiger partial charge in [-0.05, 0) is 54.6 Å². The van der Waals surface area contributed by atoms with Crippen molar-refractivity contribution in [3.63, 3.8) is 0 Å². The molecule has 0 fully saturated rings. The smallest absolute Gasteiger partial charge is 0.231 e. The van der Waals surface area contributed by atoms with E-state index in [4.69, 9.17) is 25.8 Å². The number of pyridine rings is 1. The largest absolute Gasteiger partial charge is 0.497 e. The Kier molecular flexibility index (Phi) is 4.22. The predicted octanol–water partition coefficient (Wildman–Crippen LogP) is 4.52. The predicted molar refractivity (Wildman–Crippen MR) is 99.2 cm³/mol. The number of hydrogen-bond donors (Lipinski definition) is 0. The van der Waals surface area contributed by atoms with E-state index in [9.17, 15) is 4.79 Å². The molecule has 0 bridgehead atoms. The lowest BCUT2D eigenvalue weighted by molar-refractivity contribution is 0.104. The van der Waals surface area contributed by atoms with E-state index < -0.39 is 0 Å². The standard InChI is InChI=1S/C20H14ClNO4/c1-24-15-4-5-16-14(9-15)8-13(20(21)22-16)2-6-17(23)12-3-7-18-19(10-12)26-11-25-18/h2-10H,11H2,1H3/b6-2+. The fourth-order valence-corrected chi connectivity index (χ4v) is 2.91. The molecular formula is C20H14ClNO4. The summed E-state index contributed by atoms with van der Waals surface area (Å²) >= 11 is 6.24. The average molecular weight is 368 g/mol.